The highest BCUT2D eigenvalue weighted by Gasteiger charge is 2.31. The number of oxazole rings is 1. The molecule has 2 aromatic rings. The van der Waals surface area contributed by atoms with Crippen LogP contribution in [0.2, 0.25) is 0 Å². The van der Waals surface area contributed by atoms with Crippen LogP contribution in [0.5, 0.6) is 0 Å². The van der Waals surface area contributed by atoms with E-state index in [1.807, 2.05) is 12.1 Å². The lowest BCUT2D eigenvalue weighted by Gasteiger charge is -2.35. The van der Waals surface area contributed by atoms with Crippen LogP contribution in [0.25, 0.3) is 11.1 Å². The fourth-order valence-electron chi connectivity index (χ4n) is 5.13. The van der Waals surface area contributed by atoms with Gasteiger partial charge < -0.3 is 19.5 Å². The third-order valence-corrected chi connectivity index (χ3v) is 7.04. The molecule has 172 valence electrons. The highest BCUT2D eigenvalue weighted by molar-refractivity contribution is 6.10. The molecule has 1 aromatic carbocycles. The molecule has 1 N–H and O–H groups in total. The number of carbonyl (C=O) groups excluding carboxylic acids is 2. The maximum atomic E-state index is 12.5. The number of nitrogens with zero attached hydrogens (tertiary/aromatic N) is 4. The molecular weight excluding hydrogens is 410 g/mol. The quantitative estimate of drug-likeness (QED) is 0.699. The molecule has 2 amide bonds. The molecule has 9 nitrogen and oxygen atoms in total. The molecular formula is C23H31N5O4. The van der Waals surface area contributed by atoms with Crippen molar-refractivity contribution in [3.63, 3.8) is 0 Å². The lowest BCUT2D eigenvalue weighted by atomic mass is 9.93. The standard InChI is InChI=1S/C23H31N5O4/c29-21-2-1-3-22(30)28(21)27-19-5-4-18(16-20(19)32-23(27)31)26-12-7-17(8-13-26)6-11-25-14-9-24-10-15-25/h4-5,16-17,24H,1-3,6-15H2. The number of amides is 2. The summed E-state index contributed by atoms with van der Waals surface area (Å²) in [6.45, 7) is 7.64. The van der Waals surface area contributed by atoms with E-state index in [2.05, 4.69) is 15.1 Å². The van der Waals surface area contributed by atoms with E-state index in [1.54, 1.807) is 6.07 Å². The second-order valence-electron chi connectivity index (χ2n) is 9.10. The van der Waals surface area contributed by atoms with E-state index in [1.165, 1.54) is 13.0 Å². The molecule has 3 saturated heterocycles. The van der Waals surface area contributed by atoms with Crippen molar-refractivity contribution in [1.82, 2.24) is 14.9 Å². The Morgan fingerprint density at radius 3 is 2.41 bits per heavy atom. The Morgan fingerprint density at radius 1 is 0.969 bits per heavy atom. The van der Waals surface area contributed by atoms with Gasteiger partial charge in [0.25, 0.3) is 0 Å². The predicted molar refractivity (Wildman–Crippen MR) is 121 cm³/mol. The number of nitrogens with one attached hydrogen (secondary N) is 1. The molecule has 0 bridgehead atoms. The van der Waals surface area contributed by atoms with Gasteiger partial charge >= 0.3 is 5.76 Å². The van der Waals surface area contributed by atoms with Crippen LogP contribution in [0.4, 0.5) is 5.69 Å². The van der Waals surface area contributed by atoms with Crippen molar-refractivity contribution in [2.45, 2.75) is 38.5 Å². The molecule has 0 unspecified atom stereocenters. The molecule has 4 heterocycles. The van der Waals surface area contributed by atoms with Gasteiger partial charge in [-0.05, 0) is 50.3 Å². The molecule has 3 fully saturated rings. The SMILES string of the molecule is O=C1CCCC(=O)N1n1c(=O)oc2cc(N3CCC(CCN4CCNCC4)CC3)ccc21. The Bertz CT molecular complexity index is 1030. The normalized spacial score (nSPS) is 21.6. The van der Waals surface area contributed by atoms with Crippen LogP contribution in [-0.4, -0.2) is 67.2 Å². The highest BCUT2D eigenvalue weighted by Crippen LogP contribution is 2.28. The first-order valence-electron chi connectivity index (χ1n) is 11.8. The summed E-state index contributed by atoms with van der Waals surface area (Å²) in [7, 11) is 0. The Morgan fingerprint density at radius 2 is 1.69 bits per heavy atom. The molecule has 32 heavy (non-hydrogen) atoms. The summed E-state index contributed by atoms with van der Waals surface area (Å²) in [5.74, 6) is -0.677. The minimum atomic E-state index is -0.702. The smallest absolute Gasteiger partial charge is 0.406 e. The molecule has 5 rings (SSSR count). The molecule has 0 saturated carbocycles. The molecule has 0 aliphatic carbocycles. The third kappa shape index (κ3) is 4.19. The van der Waals surface area contributed by atoms with E-state index in [4.69, 9.17) is 4.42 Å². The van der Waals surface area contributed by atoms with Gasteiger partial charge in [-0.15, -0.1) is 0 Å². The summed E-state index contributed by atoms with van der Waals surface area (Å²) in [5, 5.41) is 4.35. The van der Waals surface area contributed by atoms with E-state index in [0.29, 0.717) is 17.5 Å². The molecule has 9 heteroatoms. The average molecular weight is 442 g/mol. The number of fused-ring (bicyclic) bond motifs is 1. The Kier molecular flexibility index (Phi) is 6.01. The molecule has 0 spiro atoms. The number of piperazine rings is 1. The monoisotopic (exact) mass is 441 g/mol. The van der Waals surface area contributed by atoms with Gasteiger partial charge in [0.05, 0.1) is 0 Å². The second kappa shape index (κ2) is 9.07. The number of hydrogen-bond acceptors (Lipinski definition) is 7. The van der Waals surface area contributed by atoms with E-state index in [9.17, 15) is 14.4 Å². The maximum Gasteiger partial charge on any atom is 0.439 e. The van der Waals surface area contributed by atoms with Crippen molar-refractivity contribution in [2.24, 2.45) is 5.92 Å². The van der Waals surface area contributed by atoms with E-state index in [-0.39, 0.29) is 24.7 Å². The molecule has 3 aliphatic rings. The second-order valence-corrected chi connectivity index (χ2v) is 9.10. The van der Waals surface area contributed by atoms with Crippen molar-refractivity contribution >= 4 is 28.6 Å². The van der Waals surface area contributed by atoms with Gasteiger partial charge in [0, 0.05) is 63.9 Å². The number of hydrogen-bond donors (Lipinski definition) is 1. The van der Waals surface area contributed by atoms with Gasteiger partial charge in [-0.1, -0.05) is 0 Å². The molecule has 3 aliphatic heterocycles. The first-order chi connectivity index (χ1) is 15.6. The topological polar surface area (TPSA) is 91.0 Å². The van der Waals surface area contributed by atoms with Gasteiger partial charge in [-0.25, -0.2) is 4.79 Å². The average Bonchev–Trinajstić information content (AvgIpc) is 3.13. The number of rotatable bonds is 5. The zero-order valence-corrected chi connectivity index (χ0v) is 18.4. The molecule has 0 radical (unpaired) electrons. The van der Waals surface area contributed by atoms with Crippen molar-refractivity contribution in [3.8, 4) is 0 Å². The van der Waals surface area contributed by atoms with Crippen molar-refractivity contribution in [1.29, 1.82) is 0 Å². The highest BCUT2D eigenvalue weighted by atomic mass is 16.4. The fraction of sp³-hybridized carbons (Fsp3) is 0.609. The maximum absolute atomic E-state index is 12.5. The van der Waals surface area contributed by atoms with Gasteiger partial charge in [0.1, 0.15) is 5.52 Å². The van der Waals surface area contributed by atoms with E-state index in [0.717, 1.165) is 73.4 Å². The van der Waals surface area contributed by atoms with Crippen LogP contribution in [0.15, 0.2) is 27.4 Å². The van der Waals surface area contributed by atoms with Crippen LogP contribution >= 0.6 is 0 Å². The fourth-order valence-corrected chi connectivity index (χ4v) is 5.13. The van der Waals surface area contributed by atoms with Crippen LogP contribution in [0.1, 0.15) is 38.5 Å². The number of carbonyl (C=O) groups is 2. The summed E-state index contributed by atoms with van der Waals surface area (Å²) in [4.78, 5) is 42.0. The first kappa shape index (κ1) is 21.2. The summed E-state index contributed by atoms with van der Waals surface area (Å²) < 4.78 is 6.52. The van der Waals surface area contributed by atoms with Crippen LogP contribution in [0.3, 0.4) is 0 Å². The minimum Gasteiger partial charge on any atom is -0.406 e. The van der Waals surface area contributed by atoms with Crippen LogP contribution in [0, 0.1) is 5.92 Å². The van der Waals surface area contributed by atoms with E-state index < -0.39 is 5.76 Å². The first-order valence-corrected chi connectivity index (χ1v) is 11.8. The molecule has 0 atom stereocenters. The summed E-state index contributed by atoms with van der Waals surface area (Å²) >= 11 is 0. The zero-order valence-electron chi connectivity index (χ0n) is 18.4. The number of piperidine rings is 2. The van der Waals surface area contributed by atoms with Crippen molar-refractivity contribution in [3.05, 3.63) is 28.7 Å². The van der Waals surface area contributed by atoms with E-state index >= 15 is 0 Å². The summed E-state index contributed by atoms with van der Waals surface area (Å²) in [6, 6.07) is 5.59. The third-order valence-electron chi connectivity index (χ3n) is 7.04. The Hall–Kier alpha value is -2.65. The van der Waals surface area contributed by atoms with Crippen molar-refractivity contribution in [2.75, 3.05) is 55.7 Å². The lowest BCUT2D eigenvalue weighted by Crippen LogP contribution is -2.51. The number of aromatic nitrogens is 1. The summed E-state index contributed by atoms with van der Waals surface area (Å²) in [6.07, 6.45) is 4.60. The number of benzene rings is 1. The van der Waals surface area contributed by atoms with Crippen LogP contribution < -0.4 is 21.0 Å². The van der Waals surface area contributed by atoms with Gasteiger partial charge in [-0.3, -0.25) is 9.59 Å². The number of anilines is 1. The Labute approximate surface area is 186 Å². The lowest BCUT2D eigenvalue weighted by molar-refractivity contribution is -0.131. The summed E-state index contributed by atoms with van der Waals surface area (Å²) in [5.41, 5.74) is 1.86. The number of imide groups is 1. The van der Waals surface area contributed by atoms with Gasteiger partial charge in [0.2, 0.25) is 11.8 Å². The van der Waals surface area contributed by atoms with Gasteiger partial charge in [0.15, 0.2) is 5.58 Å². The molecule has 1 aromatic heterocycles. The largest absolute Gasteiger partial charge is 0.439 e. The Balaban J connectivity index is 1.25. The van der Waals surface area contributed by atoms with Gasteiger partial charge in [-0.2, -0.15) is 9.69 Å². The zero-order chi connectivity index (χ0) is 22.1. The van der Waals surface area contributed by atoms with Crippen LogP contribution in [-0.2, 0) is 9.59 Å². The van der Waals surface area contributed by atoms with Crippen molar-refractivity contribution < 1.29 is 14.0 Å². The minimum absolute atomic E-state index is 0.256. The predicted octanol–water partition coefficient (Wildman–Crippen LogP) is 1.28.